The summed E-state index contributed by atoms with van der Waals surface area (Å²) in [4.78, 5) is 37.8. The summed E-state index contributed by atoms with van der Waals surface area (Å²) in [5, 5.41) is 16.8. The SMILES string of the molecule is C[C@@H](NC(=O)c1ccc2c(n1)N(C(=O)Nc1cc(NCCO)ccn1)[C@H]1CCN2C1)C(F)(F)CF. The van der Waals surface area contributed by atoms with E-state index >= 15 is 0 Å². The molecule has 0 aliphatic carbocycles. The highest BCUT2D eigenvalue weighted by molar-refractivity contribution is 6.05. The molecule has 0 unspecified atom stereocenters. The number of urea groups is 1. The molecule has 2 aromatic heterocycles. The molecule has 2 aliphatic heterocycles. The molecule has 0 saturated carbocycles. The van der Waals surface area contributed by atoms with Crippen molar-refractivity contribution in [3.8, 4) is 0 Å². The van der Waals surface area contributed by atoms with E-state index < -0.39 is 30.6 Å². The number of alkyl halides is 3. The van der Waals surface area contributed by atoms with Crippen LogP contribution in [0, 0.1) is 0 Å². The fraction of sp³-hybridized carbons (Fsp3) is 0.455. The van der Waals surface area contributed by atoms with Crippen LogP contribution in [0.2, 0.25) is 0 Å². The molecule has 35 heavy (non-hydrogen) atoms. The van der Waals surface area contributed by atoms with Crippen LogP contribution in [0.3, 0.4) is 0 Å². The molecule has 10 nitrogen and oxygen atoms in total. The molecule has 0 aromatic carbocycles. The van der Waals surface area contributed by atoms with Gasteiger partial charge in [-0.3, -0.25) is 15.0 Å². The Morgan fingerprint density at radius 1 is 1.31 bits per heavy atom. The number of rotatable bonds is 8. The van der Waals surface area contributed by atoms with Crippen molar-refractivity contribution in [2.45, 2.75) is 31.4 Å². The van der Waals surface area contributed by atoms with Gasteiger partial charge < -0.3 is 20.6 Å². The van der Waals surface area contributed by atoms with E-state index in [1.807, 2.05) is 4.90 Å². The Balaban J connectivity index is 1.57. The van der Waals surface area contributed by atoms with Crippen molar-refractivity contribution in [3.63, 3.8) is 0 Å². The maximum Gasteiger partial charge on any atom is 0.329 e. The fourth-order valence-electron chi connectivity index (χ4n) is 4.07. The number of hydrogen-bond donors (Lipinski definition) is 4. The molecular weight excluding hydrogens is 467 g/mol. The average Bonchev–Trinajstić information content (AvgIpc) is 3.26. The lowest BCUT2D eigenvalue weighted by molar-refractivity contribution is -0.0491. The van der Waals surface area contributed by atoms with Gasteiger partial charge in [0.2, 0.25) is 0 Å². The van der Waals surface area contributed by atoms with Crippen molar-refractivity contribution < 1.29 is 27.9 Å². The zero-order valence-corrected chi connectivity index (χ0v) is 19.0. The summed E-state index contributed by atoms with van der Waals surface area (Å²) in [6, 6.07) is 3.86. The smallest absolute Gasteiger partial charge is 0.329 e. The molecule has 13 heteroatoms. The van der Waals surface area contributed by atoms with Crippen molar-refractivity contribution in [2.24, 2.45) is 0 Å². The molecule has 4 heterocycles. The molecule has 188 valence electrons. The highest BCUT2D eigenvalue weighted by atomic mass is 19.3. The minimum absolute atomic E-state index is 0.0570. The van der Waals surface area contributed by atoms with E-state index in [1.54, 1.807) is 18.2 Å². The van der Waals surface area contributed by atoms with E-state index in [4.69, 9.17) is 5.11 Å². The molecule has 2 atom stereocenters. The fourth-order valence-corrected chi connectivity index (χ4v) is 4.07. The van der Waals surface area contributed by atoms with Gasteiger partial charge in [-0.15, -0.1) is 0 Å². The van der Waals surface area contributed by atoms with Crippen molar-refractivity contribution >= 4 is 34.9 Å². The van der Waals surface area contributed by atoms with E-state index in [-0.39, 0.29) is 30.0 Å². The summed E-state index contributed by atoms with van der Waals surface area (Å²) in [5.74, 6) is -4.11. The highest BCUT2D eigenvalue weighted by Crippen LogP contribution is 2.39. The second kappa shape index (κ2) is 9.94. The number of carbonyl (C=O) groups is 2. The van der Waals surface area contributed by atoms with Gasteiger partial charge in [0.15, 0.2) is 12.5 Å². The molecule has 4 N–H and O–H groups in total. The van der Waals surface area contributed by atoms with Crippen molar-refractivity contribution in [1.29, 1.82) is 0 Å². The van der Waals surface area contributed by atoms with Crippen molar-refractivity contribution in [1.82, 2.24) is 15.3 Å². The summed E-state index contributed by atoms with van der Waals surface area (Å²) in [7, 11) is 0. The van der Waals surface area contributed by atoms with Gasteiger partial charge in [0, 0.05) is 37.6 Å². The van der Waals surface area contributed by atoms with Crippen LogP contribution in [0.25, 0.3) is 0 Å². The van der Waals surface area contributed by atoms with Crippen molar-refractivity contribution in [2.75, 3.05) is 53.3 Å². The Bertz CT molecular complexity index is 1100. The summed E-state index contributed by atoms with van der Waals surface area (Å²) in [6.07, 6.45) is 2.18. The number of anilines is 4. The van der Waals surface area contributed by atoms with Crippen LogP contribution in [0.4, 0.5) is 41.0 Å². The van der Waals surface area contributed by atoms with Gasteiger partial charge in [0.25, 0.3) is 11.8 Å². The number of fused-ring (bicyclic) bond motifs is 4. The number of nitrogens with one attached hydrogen (secondary N) is 3. The minimum atomic E-state index is -3.71. The minimum Gasteiger partial charge on any atom is -0.395 e. The van der Waals surface area contributed by atoms with E-state index in [0.717, 1.165) is 6.92 Å². The quantitative estimate of drug-likeness (QED) is 0.445. The van der Waals surface area contributed by atoms with Gasteiger partial charge in [-0.2, -0.15) is 0 Å². The van der Waals surface area contributed by atoms with E-state index in [9.17, 15) is 22.8 Å². The van der Waals surface area contributed by atoms with Crippen LogP contribution >= 0.6 is 0 Å². The topological polar surface area (TPSA) is 123 Å². The number of amides is 3. The largest absolute Gasteiger partial charge is 0.395 e. The molecule has 4 rings (SSSR count). The molecule has 2 aromatic rings. The van der Waals surface area contributed by atoms with Crippen molar-refractivity contribution in [3.05, 3.63) is 36.2 Å². The first-order valence-electron chi connectivity index (χ1n) is 11.1. The number of aliphatic hydroxyl groups excluding tert-OH is 1. The number of halogens is 3. The number of pyridine rings is 2. The molecule has 3 amide bonds. The Morgan fingerprint density at radius 2 is 2.11 bits per heavy atom. The number of aromatic nitrogens is 2. The monoisotopic (exact) mass is 493 g/mol. The second-order valence-electron chi connectivity index (χ2n) is 8.40. The van der Waals surface area contributed by atoms with Crippen LogP contribution in [0.1, 0.15) is 23.8 Å². The Kier molecular flexibility index (Phi) is 6.96. The third kappa shape index (κ3) is 5.09. The highest BCUT2D eigenvalue weighted by Gasteiger charge is 2.41. The molecule has 1 saturated heterocycles. The lowest BCUT2D eigenvalue weighted by Crippen LogP contribution is -2.49. The summed E-state index contributed by atoms with van der Waals surface area (Å²) < 4.78 is 39.8. The van der Waals surface area contributed by atoms with Gasteiger partial charge in [0.05, 0.1) is 24.4 Å². The third-order valence-corrected chi connectivity index (χ3v) is 6.00. The lowest BCUT2D eigenvalue weighted by atomic mass is 10.1. The predicted octanol–water partition coefficient (Wildman–Crippen LogP) is 2.23. The number of carbonyl (C=O) groups excluding carboxylic acids is 2. The van der Waals surface area contributed by atoms with Gasteiger partial charge >= 0.3 is 6.03 Å². The zero-order valence-electron chi connectivity index (χ0n) is 19.0. The molecular formula is C22H26F3N7O3. The molecule has 2 bridgehead atoms. The van der Waals surface area contributed by atoms with Crippen LogP contribution in [-0.4, -0.2) is 77.9 Å². The van der Waals surface area contributed by atoms with Crippen LogP contribution in [0.15, 0.2) is 30.5 Å². The van der Waals surface area contributed by atoms with E-state index in [0.29, 0.717) is 37.4 Å². The number of hydrogen-bond acceptors (Lipinski definition) is 7. The van der Waals surface area contributed by atoms with Crippen LogP contribution in [0.5, 0.6) is 0 Å². The first kappa shape index (κ1) is 24.5. The number of aliphatic hydroxyl groups is 1. The van der Waals surface area contributed by atoms with Gasteiger partial charge in [-0.05, 0) is 31.5 Å². The predicted molar refractivity (Wildman–Crippen MR) is 124 cm³/mol. The van der Waals surface area contributed by atoms with Gasteiger partial charge in [-0.1, -0.05) is 0 Å². The second-order valence-corrected chi connectivity index (χ2v) is 8.40. The van der Waals surface area contributed by atoms with Crippen LogP contribution < -0.4 is 25.8 Å². The van der Waals surface area contributed by atoms with E-state index in [1.165, 1.54) is 17.2 Å². The van der Waals surface area contributed by atoms with Crippen LogP contribution in [-0.2, 0) is 0 Å². The third-order valence-electron chi connectivity index (χ3n) is 6.00. The van der Waals surface area contributed by atoms with E-state index in [2.05, 4.69) is 25.9 Å². The summed E-state index contributed by atoms with van der Waals surface area (Å²) >= 11 is 0. The summed E-state index contributed by atoms with van der Waals surface area (Å²) in [5.41, 5.74) is 1.13. The maximum atomic E-state index is 13.6. The normalized spacial score (nSPS) is 17.6. The Hall–Kier alpha value is -3.61. The Morgan fingerprint density at radius 3 is 2.86 bits per heavy atom. The maximum absolute atomic E-state index is 13.6. The zero-order chi connectivity index (χ0) is 25.2. The summed E-state index contributed by atoms with van der Waals surface area (Å²) in [6.45, 7) is 0.656. The molecule has 2 aliphatic rings. The Labute approximate surface area is 199 Å². The lowest BCUT2D eigenvalue weighted by Gasteiger charge is -2.35. The average molecular weight is 493 g/mol. The molecule has 1 fully saturated rings. The standard InChI is InChI=1S/C22H26F3N7O3/c1-13(22(24,25)12-23)28-20(34)16-2-3-17-19(29-16)32(15-5-8-31(17)11-15)21(35)30-18-10-14(4-6-27-18)26-7-9-33/h2-4,6,10,13,15,33H,5,7-9,11-12H2,1H3,(H,28,34)(H2,26,27,30,35)/t13-,15+/m1/s1. The van der Waals surface area contributed by atoms with Gasteiger partial charge in [-0.25, -0.2) is 27.9 Å². The first-order chi connectivity index (χ1) is 16.7. The molecule has 0 spiro atoms. The van der Waals surface area contributed by atoms with Gasteiger partial charge in [0.1, 0.15) is 11.5 Å². The number of nitrogens with zero attached hydrogens (tertiary/aromatic N) is 4. The first-order valence-corrected chi connectivity index (χ1v) is 11.1. The molecule has 0 radical (unpaired) electrons.